The molecular formula is C28H22N2O3S. The van der Waals surface area contributed by atoms with Crippen molar-refractivity contribution in [3.63, 3.8) is 0 Å². The Morgan fingerprint density at radius 3 is 2.24 bits per heavy atom. The van der Waals surface area contributed by atoms with Gasteiger partial charge in [0.1, 0.15) is 11.5 Å². The normalized spacial score (nSPS) is 20.1. The molecule has 6 heteroatoms. The van der Waals surface area contributed by atoms with E-state index in [1.807, 2.05) is 48.5 Å². The fraction of sp³-hybridized carbons (Fsp3) is 0.214. The second-order valence-corrected chi connectivity index (χ2v) is 10.0. The number of ether oxygens (including phenoxy) is 2. The van der Waals surface area contributed by atoms with Crippen molar-refractivity contribution < 1.29 is 14.3 Å². The van der Waals surface area contributed by atoms with E-state index in [-0.39, 0.29) is 11.5 Å². The molecule has 0 unspecified atom stereocenters. The number of thioether (sulfide) groups is 1. The molecule has 3 aromatic carbocycles. The molecule has 7 rings (SSSR count). The molecule has 1 fully saturated rings. The Kier molecular flexibility index (Phi) is 4.47. The number of hydrogen-bond donors (Lipinski definition) is 0. The minimum Gasteiger partial charge on any atom is -0.456 e. The monoisotopic (exact) mass is 466 g/mol. The van der Waals surface area contributed by atoms with Crippen molar-refractivity contribution in [2.75, 3.05) is 13.1 Å². The summed E-state index contributed by atoms with van der Waals surface area (Å²) in [4.78, 5) is 20.6. The van der Waals surface area contributed by atoms with E-state index in [2.05, 4.69) is 34.2 Å². The Hall–Kier alpha value is -3.35. The molecule has 0 N–H and O–H groups in total. The summed E-state index contributed by atoms with van der Waals surface area (Å²) in [6.07, 6.45) is 1.78. The number of amidine groups is 1. The zero-order chi connectivity index (χ0) is 22.7. The van der Waals surface area contributed by atoms with Crippen LogP contribution in [-0.2, 0) is 21.7 Å². The van der Waals surface area contributed by atoms with Gasteiger partial charge in [0, 0.05) is 29.8 Å². The van der Waals surface area contributed by atoms with Crippen molar-refractivity contribution in [2.45, 2.75) is 25.0 Å². The van der Waals surface area contributed by atoms with Crippen molar-refractivity contribution in [3.05, 3.63) is 100.0 Å². The standard InChI is InChI=1S/C28H22N2O3S/c31-26-25(24-19-8-2-5-11-22(19)33-23-12-6-3-9-20(23)24)34-27(29-26)30-15-13-28(14-16-30)21-10-4-1-7-18(21)17-32-28/h1-12H,13-17H2. The van der Waals surface area contributed by atoms with Crippen molar-refractivity contribution in [2.24, 2.45) is 4.99 Å². The highest BCUT2D eigenvalue weighted by Crippen LogP contribution is 2.49. The van der Waals surface area contributed by atoms with E-state index in [0.29, 0.717) is 11.5 Å². The van der Waals surface area contributed by atoms with Gasteiger partial charge >= 0.3 is 0 Å². The highest BCUT2D eigenvalue weighted by Gasteiger charge is 2.44. The first kappa shape index (κ1) is 20.1. The molecule has 1 saturated heterocycles. The zero-order valence-corrected chi connectivity index (χ0v) is 19.3. The van der Waals surface area contributed by atoms with Crippen molar-refractivity contribution in [3.8, 4) is 11.5 Å². The molecule has 5 nitrogen and oxygen atoms in total. The second-order valence-electron chi connectivity index (χ2n) is 9.03. The summed E-state index contributed by atoms with van der Waals surface area (Å²) >= 11 is 1.49. The van der Waals surface area contributed by atoms with E-state index in [4.69, 9.17) is 9.47 Å². The number of piperidine rings is 1. The summed E-state index contributed by atoms with van der Waals surface area (Å²) < 4.78 is 12.4. The van der Waals surface area contributed by atoms with Crippen molar-refractivity contribution in [1.82, 2.24) is 4.90 Å². The Balaban J connectivity index is 1.19. The maximum absolute atomic E-state index is 13.2. The van der Waals surface area contributed by atoms with Crippen LogP contribution >= 0.6 is 11.8 Å². The van der Waals surface area contributed by atoms with Crippen LogP contribution in [0.1, 0.15) is 35.1 Å². The molecule has 0 aromatic heterocycles. The fourth-order valence-electron chi connectivity index (χ4n) is 5.48. The lowest BCUT2D eigenvalue weighted by Gasteiger charge is -2.39. The average Bonchev–Trinajstić information content (AvgIpc) is 3.44. The van der Waals surface area contributed by atoms with Gasteiger partial charge in [-0.05, 0) is 47.9 Å². The first-order valence-corrected chi connectivity index (χ1v) is 12.4. The lowest BCUT2D eigenvalue weighted by Crippen LogP contribution is -2.44. The maximum atomic E-state index is 13.2. The predicted octanol–water partition coefficient (Wildman–Crippen LogP) is 5.70. The highest BCUT2D eigenvalue weighted by atomic mass is 32.2. The third-order valence-electron chi connectivity index (χ3n) is 7.20. The van der Waals surface area contributed by atoms with Gasteiger partial charge in [-0.2, -0.15) is 4.99 Å². The number of fused-ring (bicyclic) bond motifs is 4. The molecule has 4 heterocycles. The van der Waals surface area contributed by atoms with Gasteiger partial charge in [-0.3, -0.25) is 4.79 Å². The summed E-state index contributed by atoms with van der Waals surface area (Å²) in [6.45, 7) is 2.31. The first-order chi connectivity index (χ1) is 16.7. The van der Waals surface area contributed by atoms with Gasteiger partial charge in [0.2, 0.25) is 0 Å². The fourth-order valence-corrected chi connectivity index (χ4v) is 6.56. The number of carbonyl (C=O) groups is 1. The van der Waals surface area contributed by atoms with E-state index >= 15 is 0 Å². The van der Waals surface area contributed by atoms with Crippen LogP contribution in [-0.4, -0.2) is 29.1 Å². The minimum absolute atomic E-state index is 0.177. The number of hydrogen-bond acceptors (Lipinski definition) is 5. The van der Waals surface area contributed by atoms with E-state index in [1.54, 1.807) is 0 Å². The molecule has 0 bridgehead atoms. The van der Waals surface area contributed by atoms with Crippen molar-refractivity contribution >= 4 is 28.4 Å². The third kappa shape index (κ3) is 2.99. The van der Waals surface area contributed by atoms with Crippen LogP contribution < -0.4 is 4.74 Å². The molecule has 0 saturated carbocycles. The van der Waals surface area contributed by atoms with Crippen LogP contribution in [0.5, 0.6) is 11.5 Å². The van der Waals surface area contributed by atoms with Crippen molar-refractivity contribution in [1.29, 1.82) is 0 Å². The number of likely N-dealkylation sites (tertiary alicyclic amines) is 1. The molecule has 0 aliphatic carbocycles. The van der Waals surface area contributed by atoms with Crippen LogP contribution in [0.15, 0.2) is 82.7 Å². The van der Waals surface area contributed by atoms with Crippen LogP contribution in [0, 0.1) is 0 Å². The Labute approximate surface area is 202 Å². The lowest BCUT2D eigenvalue weighted by molar-refractivity contribution is -0.113. The Morgan fingerprint density at radius 2 is 1.50 bits per heavy atom. The number of amides is 1. The van der Waals surface area contributed by atoms with Gasteiger partial charge in [-0.1, -0.05) is 60.7 Å². The molecule has 1 spiro atoms. The van der Waals surface area contributed by atoms with Crippen LogP contribution in [0.3, 0.4) is 0 Å². The first-order valence-electron chi connectivity index (χ1n) is 11.6. The number of nitrogens with zero attached hydrogens (tertiary/aromatic N) is 2. The summed E-state index contributed by atoms with van der Waals surface area (Å²) in [6, 6.07) is 24.3. The maximum Gasteiger partial charge on any atom is 0.286 e. The second kappa shape index (κ2) is 7.58. The smallest absolute Gasteiger partial charge is 0.286 e. The molecular weight excluding hydrogens is 444 g/mol. The molecule has 34 heavy (non-hydrogen) atoms. The largest absolute Gasteiger partial charge is 0.456 e. The molecule has 3 aromatic rings. The average molecular weight is 467 g/mol. The van der Waals surface area contributed by atoms with E-state index in [1.165, 1.54) is 22.9 Å². The lowest BCUT2D eigenvalue weighted by atomic mass is 9.84. The van der Waals surface area contributed by atoms with Gasteiger partial charge in [0.25, 0.3) is 5.91 Å². The molecule has 168 valence electrons. The van der Waals surface area contributed by atoms with Gasteiger partial charge in [0.15, 0.2) is 5.17 Å². The predicted molar refractivity (Wildman–Crippen MR) is 133 cm³/mol. The van der Waals surface area contributed by atoms with Crippen LogP contribution in [0.4, 0.5) is 0 Å². The molecule has 0 radical (unpaired) electrons. The topological polar surface area (TPSA) is 51.1 Å². The zero-order valence-electron chi connectivity index (χ0n) is 18.5. The van der Waals surface area contributed by atoms with Gasteiger partial charge in [-0.25, -0.2) is 0 Å². The number of carbonyl (C=O) groups excluding carboxylic acids is 1. The third-order valence-corrected chi connectivity index (χ3v) is 8.31. The number of aliphatic imine (C=N–C) groups is 1. The Bertz CT molecular complexity index is 1350. The van der Waals surface area contributed by atoms with Crippen LogP contribution in [0.2, 0.25) is 0 Å². The quantitative estimate of drug-likeness (QED) is 0.311. The van der Waals surface area contributed by atoms with Gasteiger partial charge < -0.3 is 14.4 Å². The number of rotatable bonds is 0. The highest BCUT2D eigenvalue weighted by molar-refractivity contribution is 8.18. The van der Waals surface area contributed by atoms with E-state index < -0.39 is 0 Å². The SMILES string of the molecule is O=C1N=C(N2CCC3(CC2)OCc2ccccc23)SC1=C1c2ccccc2Oc2ccccc21. The molecule has 1 amide bonds. The van der Waals surface area contributed by atoms with Gasteiger partial charge in [-0.15, -0.1) is 0 Å². The minimum atomic E-state index is -0.208. The molecule has 4 aliphatic heterocycles. The number of benzene rings is 3. The van der Waals surface area contributed by atoms with E-state index in [0.717, 1.165) is 59.3 Å². The summed E-state index contributed by atoms with van der Waals surface area (Å²) in [5.41, 5.74) is 5.19. The van der Waals surface area contributed by atoms with Gasteiger partial charge in [0.05, 0.1) is 17.1 Å². The summed E-state index contributed by atoms with van der Waals surface area (Å²) in [5.74, 6) is 1.36. The molecule has 0 atom stereocenters. The van der Waals surface area contributed by atoms with Crippen LogP contribution in [0.25, 0.3) is 5.57 Å². The Morgan fingerprint density at radius 1 is 0.853 bits per heavy atom. The molecule has 4 aliphatic rings. The van der Waals surface area contributed by atoms with E-state index in [9.17, 15) is 4.79 Å². The summed E-state index contributed by atoms with van der Waals surface area (Å²) in [5, 5.41) is 0.787. The number of para-hydroxylation sites is 2. The summed E-state index contributed by atoms with van der Waals surface area (Å²) in [7, 11) is 0.